The number of nitrogens with zero attached hydrogens (tertiary/aromatic N) is 2. The Morgan fingerprint density at radius 3 is 2.52 bits per heavy atom. The molecule has 0 aliphatic carbocycles. The number of likely N-dealkylation sites (N-methyl/N-ethyl adjacent to an activating group) is 1. The lowest BCUT2D eigenvalue weighted by Gasteiger charge is -2.35. The minimum atomic E-state index is -0.655. The van der Waals surface area contributed by atoms with Gasteiger partial charge in [0.15, 0.2) is 0 Å². The Morgan fingerprint density at radius 1 is 1.03 bits per heavy atom. The average molecular weight is 437 g/mol. The van der Waals surface area contributed by atoms with Crippen LogP contribution in [0.1, 0.15) is 24.1 Å². The molecule has 6 nitrogen and oxygen atoms in total. The molecule has 162 valence electrons. The fourth-order valence-corrected chi connectivity index (χ4v) is 5.05. The summed E-state index contributed by atoms with van der Waals surface area (Å²) in [5, 5.41) is 8.69. The van der Waals surface area contributed by atoms with Gasteiger partial charge in [0.05, 0.1) is 6.04 Å². The van der Waals surface area contributed by atoms with Gasteiger partial charge in [-0.25, -0.2) is 0 Å². The van der Waals surface area contributed by atoms with Crippen LogP contribution >= 0.6 is 11.3 Å². The van der Waals surface area contributed by atoms with Crippen LogP contribution in [-0.4, -0.2) is 49.9 Å². The van der Waals surface area contributed by atoms with E-state index in [1.807, 2.05) is 55.6 Å². The Hall–Kier alpha value is -2.90. The van der Waals surface area contributed by atoms with Crippen molar-refractivity contribution in [3.05, 3.63) is 59.0 Å². The van der Waals surface area contributed by atoms with Crippen molar-refractivity contribution < 1.29 is 9.59 Å². The lowest BCUT2D eigenvalue weighted by molar-refractivity contribution is -0.136. The standard InChI is InChI=1S/C24H28N4O2S/c1-16-14-18(8-9-21(16)28-12-10-27(3)11-13-28)26-24(30)23(29)25-17(2)20-15-31-22-7-5-4-6-19(20)22/h4-9,14-15,17H,10-13H2,1-3H3,(H,25,29)(H,26,30). The summed E-state index contributed by atoms with van der Waals surface area (Å²) in [6.45, 7) is 7.98. The predicted molar refractivity (Wildman–Crippen MR) is 128 cm³/mol. The van der Waals surface area contributed by atoms with Gasteiger partial charge < -0.3 is 20.4 Å². The van der Waals surface area contributed by atoms with E-state index in [2.05, 4.69) is 33.5 Å². The molecule has 1 aromatic heterocycles. The van der Waals surface area contributed by atoms with Gasteiger partial charge >= 0.3 is 11.8 Å². The number of hydrogen-bond acceptors (Lipinski definition) is 5. The molecular formula is C24H28N4O2S. The molecule has 2 N–H and O–H groups in total. The maximum atomic E-state index is 12.5. The van der Waals surface area contributed by atoms with E-state index in [9.17, 15) is 9.59 Å². The van der Waals surface area contributed by atoms with Crippen LogP contribution in [0.15, 0.2) is 47.8 Å². The molecule has 0 spiro atoms. The number of carbonyl (C=O) groups excluding carboxylic acids is 2. The molecule has 7 heteroatoms. The molecule has 2 heterocycles. The summed E-state index contributed by atoms with van der Waals surface area (Å²) in [6, 6.07) is 13.6. The van der Waals surface area contributed by atoms with Gasteiger partial charge in [0.1, 0.15) is 0 Å². The first-order valence-corrected chi connectivity index (χ1v) is 11.4. The summed E-state index contributed by atoms with van der Waals surface area (Å²) in [6.07, 6.45) is 0. The van der Waals surface area contributed by atoms with Gasteiger partial charge in [-0.05, 0) is 67.1 Å². The van der Waals surface area contributed by atoms with Crippen molar-refractivity contribution in [3.8, 4) is 0 Å². The van der Waals surface area contributed by atoms with Crippen LogP contribution in [0, 0.1) is 6.92 Å². The van der Waals surface area contributed by atoms with Crippen molar-refractivity contribution in [2.24, 2.45) is 0 Å². The minimum absolute atomic E-state index is 0.254. The molecule has 0 saturated carbocycles. The number of piperazine rings is 1. The Morgan fingerprint density at radius 2 is 1.77 bits per heavy atom. The molecule has 31 heavy (non-hydrogen) atoms. The number of benzene rings is 2. The van der Waals surface area contributed by atoms with Gasteiger partial charge in [-0.2, -0.15) is 0 Å². The predicted octanol–water partition coefficient (Wildman–Crippen LogP) is 3.78. The molecular weight excluding hydrogens is 408 g/mol. The van der Waals surface area contributed by atoms with Crippen molar-refractivity contribution in [3.63, 3.8) is 0 Å². The fraction of sp³-hybridized carbons (Fsp3) is 0.333. The normalized spacial score (nSPS) is 15.6. The maximum Gasteiger partial charge on any atom is 0.313 e. The zero-order valence-corrected chi connectivity index (χ0v) is 19.0. The van der Waals surface area contributed by atoms with E-state index < -0.39 is 11.8 Å². The number of rotatable bonds is 4. The molecule has 1 atom stereocenters. The number of aryl methyl sites for hydroxylation is 1. The Balaban J connectivity index is 1.38. The van der Waals surface area contributed by atoms with Gasteiger partial charge in [-0.1, -0.05) is 18.2 Å². The molecule has 2 amide bonds. The summed E-state index contributed by atoms with van der Waals surface area (Å²) in [7, 11) is 2.13. The first-order valence-electron chi connectivity index (χ1n) is 10.5. The van der Waals surface area contributed by atoms with E-state index >= 15 is 0 Å². The number of thiophene rings is 1. The van der Waals surface area contributed by atoms with Crippen molar-refractivity contribution in [1.29, 1.82) is 0 Å². The zero-order valence-electron chi connectivity index (χ0n) is 18.1. The van der Waals surface area contributed by atoms with E-state index in [0.717, 1.165) is 42.7 Å². The summed E-state index contributed by atoms with van der Waals surface area (Å²) >= 11 is 1.64. The average Bonchev–Trinajstić information content (AvgIpc) is 3.19. The summed E-state index contributed by atoms with van der Waals surface area (Å²) < 4.78 is 1.17. The summed E-state index contributed by atoms with van der Waals surface area (Å²) in [4.78, 5) is 29.6. The number of hydrogen-bond donors (Lipinski definition) is 2. The highest BCUT2D eigenvalue weighted by Gasteiger charge is 2.20. The second kappa shape index (κ2) is 9.08. The first kappa shape index (κ1) is 21.3. The van der Waals surface area contributed by atoms with Crippen LogP contribution in [-0.2, 0) is 9.59 Å². The number of nitrogens with one attached hydrogen (secondary N) is 2. The highest BCUT2D eigenvalue weighted by atomic mass is 32.1. The molecule has 4 rings (SSSR count). The lowest BCUT2D eigenvalue weighted by atomic mass is 10.1. The molecule has 2 aromatic carbocycles. The molecule has 1 aliphatic heterocycles. The van der Waals surface area contributed by atoms with Crippen LogP contribution in [0.25, 0.3) is 10.1 Å². The molecule has 1 unspecified atom stereocenters. The molecule has 1 aliphatic rings. The molecule has 1 saturated heterocycles. The third-order valence-electron chi connectivity index (χ3n) is 5.83. The van der Waals surface area contributed by atoms with E-state index in [4.69, 9.17) is 0 Å². The monoisotopic (exact) mass is 436 g/mol. The SMILES string of the molecule is Cc1cc(NC(=O)C(=O)NC(C)c2csc3ccccc23)ccc1N1CCN(C)CC1. The van der Waals surface area contributed by atoms with Crippen LogP contribution in [0.3, 0.4) is 0 Å². The second-order valence-corrected chi connectivity index (χ2v) is 9.04. The molecule has 3 aromatic rings. The molecule has 0 radical (unpaired) electrons. The van der Waals surface area contributed by atoms with Gasteiger partial charge in [0, 0.05) is 42.3 Å². The van der Waals surface area contributed by atoms with E-state index in [1.165, 1.54) is 10.4 Å². The number of anilines is 2. The lowest BCUT2D eigenvalue weighted by Crippen LogP contribution is -2.44. The Kier molecular flexibility index (Phi) is 6.25. The third-order valence-corrected chi connectivity index (χ3v) is 6.81. The van der Waals surface area contributed by atoms with Crippen molar-refractivity contribution in [1.82, 2.24) is 10.2 Å². The summed E-state index contributed by atoms with van der Waals surface area (Å²) in [5.41, 5.74) is 3.91. The highest BCUT2D eigenvalue weighted by molar-refractivity contribution is 7.17. The third kappa shape index (κ3) is 4.73. The Labute approximate surface area is 186 Å². The number of fused-ring (bicyclic) bond motifs is 1. The van der Waals surface area contributed by atoms with Gasteiger partial charge in [0.25, 0.3) is 0 Å². The van der Waals surface area contributed by atoms with Crippen molar-refractivity contribution >= 4 is 44.6 Å². The molecule has 1 fully saturated rings. The van der Waals surface area contributed by atoms with Gasteiger partial charge in [0.2, 0.25) is 0 Å². The van der Waals surface area contributed by atoms with E-state index in [1.54, 1.807) is 11.3 Å². The topological polar surface area (TPSA) is 64.7 Å². The largest absolute Gasteiger partial charge is 0.369 e. The zero-order chi connectivity index (χ0) is 22.0. The second-order valence-electron chi connectivity index (χ2n) is 8.13. The van der Waals surface area contributed by atoms with E-state index in [-0.39, 0.29) is 6.04 Å². The Bertz CT molecular complexity index is 1100. The smallest absolute Gasteiger partial charge is 0.313 e. The van der Waals surface area contributed by atoms with Crippen molar-refractivity contribution in [2.45, 2.75) is 19.9 Å². The van der Waals surface area contributed by atoms with E-state index in [0.29, 0.717) is 5.69 Å². The van der Waals surface area contributed by atoms with Crippen LogP contribution in [0.4, 0.5) is 11.4 Å². The fourth-order valence-electron chi connectivity index (χ4n) is 4.00. The highest BCUT2D eigenvalue weighted by Crippen LogP contribution is 2.30. The van der Waals surface area contributed by atoms with Crippen LogP contribution in [0.5, 0.6) is 0 Å². The first-order chi connectivity index (χ1) is 14.9. The number of amides is 2. The molecule has 0 bridgehead atoms. The summed E-state index contributed by atoms with van der Waals surface area (Å²) in [5.74, 6) is -1.29. The van der Waals surface area contributed by atoms with Crippen LogP contribution < -0.4 is 15.5 Å². The van der Waals surface area contributed by atoms with Crippen molar-refractivity contribution in [2.75, 3.05) is 43.4 Å². The quantitative estimate of drug-likeness (QED) is 0.611. The van der Waals surface area contributed by atoms with Gasteiger partial charge in [-0.15, -0.1) is 11.3 Å². The maximum absolute atomic E-state index is 12.5. The van der Waals surface area contributed by atoms with Gasteiger partial charge in [-0.3, -0.25) is 9.59 Å². The number of carbonyl (C=O) groups is 2. The minimum Gasteiger partial charge on any atom is -0.369 e. The van der Waals surface area contributed by atoms with Crippen LogP contribution in [0.2, 0.25) is 0 Å².